The molecule has 3 N–H and O–H groups in total. The maximum absolute atomic E-state index is 14.1. The van der Waals surface area contributed by atoms with Crippen molar-refractivity contribution in [3.63, 3.8) is 0 Å². The van der Waals surface area contributed by atoms with Crippen molar-refractivity contribution >= 4 is 5.82 Å². The van der Waals surface area contributed by atoms with E-state index in [1.54, 1.807) is 4.90 Å². The van der Waals surface area contributed by atoms with Gasteiger partial charge in [0.1, 0.15) is 18.3 Å². The highest BCUT2D eigenvalue weighted by molar-refractivity contribution is 5.68. The van der Waals surface area contributed by atoms with Gasteiger partial charge in [-0.25, -0.2) is 9.78 Å². The number of fused-ring (bicyclic) bond motifs is 1. The third-order valence-corrected chi connectivity index (χ3v) is 4.48. The Labute approximate surface area is 140 Å². The lowest BCUT2D eigenvalue weighted by Crippen LogP contribution is -2.40. The van der Waals surface area contributed by atoms with Crippen LogP contribution in [0.15, 0.2) is 11.0 Å². The number of aromatic nitrogens is 4. The van der Waals surface area contributed by atoms with E-state index in [9.17, 15) is 24.5 Å². The molecule has 25 heavy (non-hydrogen) atoms. The van der Waals surface area contributed by atoms with Gasteiger partial charge in [-0.2, -0.15) is 14.4 Å². The van der Waals surface area contributed by atoms with Crippen molar-refractivity contribution in [2.45, 2.75) is 31.0 Å². The third kappa shape index (κ3) is 2.56. The van der Waals surface area contributed by atoms with Gasteiger partial charge < -0.3 is 25.0 Å². The predicted octanol–water partition coefficient (Wildman–Crippen LogP) is -1.90. The number of ether oxygens (including phenoxy) is 1. The second kappa shape index (κ2) is 5.95. The Morgan fingerprint density at radius 3 is 2.60 bits per heavy atom. The zero-order valence-corrected chi connectivity index (χ0v) is 13.0. The molecule has 4 rings (SSSR count). The first-order valence-corrected chi connectivity index (χ1v) is 7.83. The zero-order valence-electron chi connectivity index (χ0n) is 13.0. The van der Waals surface area contributed by atoms with Crippen LogP contribution in [0.4, 0.5) is 10.2 Å². The summed E-state index contributed by atoms with van der Waals surface area (Å²) >= 11 is 0. The van der Waals surface area contributed by atoms with E-state index in [1.165, 1.54) is 0 Å². The van der Waals surface area contributed by atoms with Crippen LogP contribution in [-0.2, 0) is 4.74 Å². The van der Waals surface area contributed by atoms with Crippen molar-refractivity contribution in [3.8, 4) is 11.5 Å². The van der Waals surface area contributed by atoms with Gasteiger partial charge in [-0.15, -0.1) is 0 Å². The molecule has 4 aliphatic rings. The molecule has 0 spiro atoms. The molecule has 0 aliphatic carbocycles. The topological polar surface area (TPSA) is 134 Å². The number of nitrogens with zero attached hydrogens (tertiary/aromatic N) is 5. The fraction of sp³-hybridized carbons (Fsp3) is 0.571. The first kappa shape index (κ1) is 16.3. The fourth-order valence-electron chi connectivity index (χ4n) is 3.06. The van der Waals surface area contributed by atoms with Gasteiger partial charge in [-0.05, 0) is 6.42 Å². The van der Waals surface area contributed by atoms with E-state index in [0.29, 0.717) is 13.1 Å². The Morgan fingerprint density at radius 1 is 1.24 bits per heavy atom. The third-order valence-electron chi connectivity index (χ3n) is 4.48. The molecule has 4 atom stereocenters. The van der Waals surface area contributed by atoms with Crippen LogP contribution in [0, 0.1) is 5.95 Å². The molecule has 0 unspecified atom stereocenters. The van der Waals surface area contributed by atoms with Crippen molar-refractivity contribution in [1.29, 1.82) is 0 Å². The van der Waals surface area contributed by atoms with E-state index in [4.69, 9.17) is 4.74 Å². The summed E-state index contributed by atoms with van der Waals surface area (Å²) in [6.45, 7) is 0.802. The van der Waals surface area contributed by atoms with Crippen LogP contribution in [0.1, 0.15) is 12.6 Å². The highest BCUT2D eigenvalue weighted by Crippen LogP contribution is 2.35. The normalized spacial score (nSPS) is 29.2. The lowest BCUT2D eigenvalue weighted by atomic mass is 10.1. The van der Waals surface area contributed by atoms with Crippen molar-refractivity contribution in [2.24, 2.45) is 0 Å². The molecular formula is C14H16FN5O5. The first-order valence-electron chi connectivity index (χ1n) is 7.83. The lowest BCUT2D eigenvalue weighted by molar-refractivity contribution is -0.0530. The van der Waals surface area contributed by atoms with Gasteiger partial charge in [-0.1, -0.05) is 0 Å². The second-order valence-corrected chi connectivity index (χ2v) is 6.04. The maximum Gasteiger partial charge on any atom is 0.371 e. The summed E-state index contributed by atoms with van der Waals surface area (Å²) in [5.41, 5.74) is -0.708. The van der Waals surface area contributed by atoms with E-state index in [2.05, 4.69) is 15.0 Å². The molecule has 0 radical (unpaired) electrons. The lowest BCUT2D eigenvalue weighted by Gasteiger charge is -2.33. The van der Waals surface area contributed by atoms with E-state index in [1.807, 2.05) is 0 Å². The molecule has 4 aliphatic heterocycles. The smallest absolute Gasteiger partial charge is 0.371 e. The highest BCUT2D eigenvalue weighted by atomic mass is 19.1. The molecule has 2 fully saturated rings. The van der Waals surface area contributed by atoms with Crippen molar-refractivity contribution in [3.05, 3.63) is 22.6 Å². The summed E-state index contributed by atoms with van der Waals surface area (Å²) in [5.74, 6) is -0.673. The molecule has 0 aromatic rings. The van der Waals surface area contributed by atoms with Gasteiger partial charge in [0, 0.05) is 13.1 Å². The minimum Gasteiger partial charge on any atom is -0.394 e. The fourth-order valence-corrected chi connectivity index (χ4v) is 3.06. The molecular weight excluding hydrogens is 337 g/mol. The average Bonchev–Trinajstić information content (AvgIpc) is 2.81. The number of hydrogen-bond acceptors (Lipinski definition) is 9. The number of hydrogen-bond donors (Lipinski definition) is 3. The first-order chi connectivity index (χ1) is 12.0. The maximum atomic E-state index is 14.1. The minimum absolute atomic E-state index is 0.0156. The summed E-state index contributed by atoms with van der Waals surface area (Å²) in [6, 6.07) is 0. The standard InChI is InChI=1S/C14H16FN5O5/c15-7-4-20(13-10(23)9(22)6(5-21)25-13)12-8(16-7)11(17-14(24)18-12)19-2-1-3-19/h4,6,9-10,13,21-23H,1-3,5H2/t6-,9-,10-,13+/m1/s1. The summed E-state index contributed by atoms with van der Waals surface area (Å²) in [6.07, 6.45) is -3.23. The van der Waals surface area contributed by atoms with Crippen LogP contribution in [0.5, 0.6) is 0 Å². The highest BCUT2D eigenvalue weighted by Gasteiger charge is 2.44. The quantitative estimate of drug-likeness (QED) is 0.578. The molecule has 10 nitrogen and oxygen atoms in total. The van der Waals surface area contributed by atoms with Gasteiger partial charge in [0.2, 0.25) is 5.95 Å². The van der Waals surface area contributed by atoms with E-state index >= 15 is 0 Å². The largest absolute Gasteiger partial charge is 0.394 e. The van der Waals surface area contributed by atoms with Gasteiger partial charge in [0.15, 0.2) is 23.6 Å². The Balaban J connectivity index is 1.85. The molecule has 0 bridgehead atoms. The molecule has 4 heterocycles. The summed E-state index contributed by atoms with van der Waals surface area (Å²) < 4.78 is 20.6. The summed E-state index contributed by atoms with van der Waals surface area (Å²) in [4.78, 5) is 25.1. The molecule has 0 aromatic heterocycles. The van der Waals surface area contributed by atoms with Crippen LogP contribution in [-0.4, -0.2) is 72.8 Å². The van der Waals surface area contributed by atoms with Crippen molar-refractivity contribution < 1.29 is 24.4 Å². The van der Waals surface area contributed by atoms with Crippen LogP contribution < -0.4 is 10.6 Å². The molecule has 0 amide bonds. The molecule has 0 aromatic carbocycles. The van der Waals surface area contributed by atoms with Gasteiger partial charge in [0.05, 0.1) is 12.8 Å². The average molecular weight is 353 g/mol. The van der Waals surface area contributed by atoms with E-state index < -0.39 is 42.8 Å². The van der Waals surface area contributed by atoms with Crippen LogP contribution in [0.25, 0.3) is 11.5 Å². The Bertz CT molecular complexity index is 828. The number of halogens is 1. The minimum atomic E-state index is -1.44. The number of anilines is 1. The van der Waals surface area contributed by atoms with Crippen molar-refractivity contribution in [1.82, 2.24) is 19.5 Å². The number of aliphatic hydroxyl groups is 3. The second-order valence-electron chi connectivity index (χ2n) is 6.04. The summed E-state index contributed by atoms with van der Waals surface area (Å²) in [5, 5.41) is 29.3. The Kier molecular flexibility index (Phi) is 3.87. The van der Waals surface area contributed by atoms with Crippen LogP contribution >= 0.6 is 0 Å². The van der Waals surface area contributed by atoms with Gasteiger partial charge in [0.25, 0.3) is 0 Å². The zero-order chi connectivity index (χ0) is 17.7. The Morgan fingerprint density at radius 2 is 2.00 bits per heavy atom. The van der Waals surface area contributed by atoms with Crippen molar-refractivity contribution in [2.75, 3.05) is 24.6 Å². The SMILES string of the molecule is O=c1nc(N2CCC2)c2nc(F)cn([C@H]3O[C@H](CO)[C@@H](O)[C@H]3O)c-2n1. The van der Waals surface area contributed by atoms with Gasteiger partial charge in [-0.3, -0.25) is 4.57 Å². The Hall–Kier alpha value is -2.21. The van der Waals surface area contributed by atoms with Gasteiger partial charge >= 0.3 is 5.69 Å². The molecule has 134 valence electrons. The van der Waals surface area contributed by atoms with E-state index in [-0.39, 0.29) is 17.3 Å². The summed E-state index contributed by atoms with van der Waals surface area (Å²) in [7, 11) is 0. The molecule has 2 saturated heterocycles. The van der Waals surface area contributed by atoms with E-state index in [0.717, 1.165) is 17.2 Å². The predicted molar refractivity (Wildman–Crippen MR) is 80.5 cm³/mol. The monoisotopic (exact) mass is 353 g/mol. The molecule has 0 saturated carbocycles. The number of rotatable bonds is 3. The number of aliphatic hydroxyl groups excluding tert-OH is 3. The van der Waals surface area contributed by atoms with Crippen LogP contribution in [0.3, 0.4) is 0 Å². The molecule has 11 heteroatoms. The van der Waals surface area contributed by atoms with Crippen LogP contribution in [0.2, 0.25) is 0 Å².